The summed E-state index contributed by atoms with van der Waals surface area (Å²) in [5, 5.41) is 10.3. The largest absolute Gasteiger partial charge is 0.479 e. The Morgan fingerprint density at radius 2 is 1.74 bits per heavy atom. The summed E-state index contributed by atoms with van der Waals surface area (Å²) in [6.45, 7) is 13.1. The van der Waals surface area contributed by atoms with Gasteiger partial charge in [-0.1, -0.05) is 26.0 Å². The van der Waals surface area contributed by atoms with Crippen LogP contribution in [0.15, 0.2) is 42.7 Å². The van der Waals surface area contributed by atoms with Crippen LogP contribution in [0.25, 0.3) is 11.1 Å². The van der Waals surface area contributed by atoms with E-state index in [-0.39, 0.29) is 29.1 Å². The Balaban J connectivity index is 1.51. The van der Waals surface area contributed by atoms with Crippen LogP contribution in [0.3, 0.4) is 0 Å². The Labute approximate surface area is 252 Å². The van der Waals surface area contributed by atoms with Crippen LogP contribution in [0.2, 0.25) is 0 Å². The molecule has 1 aliphatic carbocycles. The molecule has 9 heteroatoms. The molecule has 1 aromatic carbocycles. The molecular formula is C34H41F2N3O4. The highest BCUT2D eigenvalue weighted by molar-refractivity contribution is 5.86. The number of ether oxygens (including phenoxy) is 2. The first-order chi connectivity index (χ1) is 20.2. The molecule has 1 saturated heterocycles. The molecule has 1 saturated carbocycles. The molecule has 5 rings (SSSR count). The quantitative estimate of drug-likeness (QED) is 0.288. The Kier molecular flexibility index (Phi) is 8.49. The summed E-state index contributed by atoms with van der Waals surface area (Å²) in [7, 11) is 0. The molecule has 0 bridgehead atoms. The second kappa shape index (κ2) is 11.8. The predicted octanol–water partition coefficient (Wildman–Crippen LogP) is 7.62. The molecule has 0 amide bonds. The van der Waals surface area contributed by atoms with E-state index in [0.29, 0.717) is 41.2 Å². The summed E-state index contributed by atoms with van der Waals surface area (Å²) in [5.41, 5.74) is 3.15. The minimum absolute atomic E-state index is 0.0380. The fraction of sp³-hybridized carbons (Fsp3) is 0.500. The second-order valence-corrected chi connectivity index (χ2v) is 13.5. The molecule has 3 atom stereocenters. The lowest BCUT2D eigenvalue weighted by molar-refractivity contribution is -0.160. The van der Waals surface area contributed by atoms with Gasteiger partial charge < -0.3 is 19.5 Å². The first kappa shape index (κ1) is 30.9. The van der Waals surface area contributed by atoms with Gasteiger partial charge in [0.05, 0.1) is 11.3 Å². The van der Waals surface area contributed by atoms with Crippen molar-refractivity contribution < 1.29 is 28.2 Å². The summed E-state index contributed by atoms with van der Waals surface area (Å²) >= 11 is 0. The Morgan fingerprint density at radius 3 is 2.30 bits per heavy atom. The lowest BCUT2D eigenvalue weighted by Gasteiger charge is -2.41. The van der Waals surface area contributed by atoms with Crippen molar-refractivity contribution >= 4 is 11.7 Å². The highest BCUT2D eigenvalue weighted by Crippen LogP contribution is 2.44. The molecule has 0 radical (unpaired) electrons. The van der Waals surface area contributed by atoms with Crippen LogP contribution in [0.4, 0.5) is 14.5 Å². The maximum absolute atomic E-state index is 15.6. The number of hydrogen-bond donors (Lipinski definition) is 1. The zero-order chi connectivity index (χ0) is 31.1. The van der Waals surface area contributed by atoms with E-state index in [4.69, 9.17) is 9.47 Å². The predicted molar refractivity (Wildman–Crippen MR) is 161 cm³/mol. The van der Waals surface area contributed by atoms with Gasteiger partial charge in [0.25, 0.3) is 5.88 Å². The van der Waals surface area contributed by atoms with Gasteiger partial charge in [-0.3, -0.25) is 4.98 Å². The number of benzene rings is 1. The van der Waals surface area contributed by atoms with Gasteiger partial charge >= 0.3 is 5.97 Å². The summed E-state index contributed by atoms with van der Waals surface area (Å²) in [6.07, 6.45) is 5.14. The van der Waals surface area contributed by atoms with Crippen LogP contribution in [-0.4, -0.2) is 45.8 Å². The molecule has 2 aliphatic rings. The van der Waals surface area contributed by atoms with E-state index in [1.807, 2.05) is 20.8 Å². The number of hydrogen-bond acceptors (Lipinski definition) is 6. The number of nitrogens with zero attached hydrogens (tertiary/aromatic N) is 3. The Bertz CT molecular complexity index is 1480. The van der Waals surface area contributed by atoms with E-state index in [2.05, 4.69) is 28.7 Å². The van der Waals surface area contributed by atoms with Gasteiger partial charge in [0, 0.05) is 53.8 Å². The number of carboxylic acid groups (broad SMARTS) is 1. The number of pyridine rings is 2. The van der Waals surface area contributed by atoms with Crippen molar-refractivity contribution in [3.05, 3.63) is 71.2 Å². The molecule has 7 nitrogen and oxygen atoms in total. The maximum Gasteiger partial charge on any atom is 0.337 e. The second-order valence-electron chi connectivity index (χ2n) is 13.5. The number of halogens is 2. The molecule has 1 N–H and O–H groups in total. The lowest BCUT2D eigenvalue weighted by Crippen LogP contribution is -2.39. The number of aliphatic carboxylic acids is 1. The summed E-state index contributed by atoms with van der Waals surface area (Å²) in [4.78, 5) is 23.7. The molecule has 2 aromatic heterocycles. The fourth-order valence-corrected chi connectivity index (χ4v) is 5.90. The van der Waals surface area contributed by atoms with Gasteiger partial charge in [0.1, 0.15) is 11.9 Å². The van der Waals surface area contributed by atoms with Gasteiger partial charge in [-0.2, -0.15) is 0 Å². The number of carbonyl (C=O) groups is 1. The molecule has 1 aliphatic heterocycles. The van der Waals surface area contributed by atoms with Crippen molar-refractivity contribution in [3.8, 4) is 17.0 Å². The normalized spacial score (nSPS) is 20.8. The van der Waals surface area contributed by atoms with Crippen LogP contribution in [0.5, 0.6) is 5.88 Å². The topological polar surface area (TPSA) is 84.8 Å². The van der Waals surface area contributed by atoms with Crippen molar-refractivity contribution in [2.24, 2.45) is 5.41 Å². The molecule has 43 heavy (non-hydrogen) atoms. The van der Waals surface area contributed by atoms with Crippen molar-refractivity contribution in [3.63, 3.8) is 0 Å². The van der Waals surface area contributed by atoms with Crippen molar-refractivity contribution in [2.45, 2.75) is 91.0 Å². The van der Waals surface area contributed by atoms with Gasteiger partial charge in [-0.25, -0.2) is 18.6 Å². The smallest absolute Gasteiger partial charge is 0.337 e. The zero-order valence-electron chi connectivity index (χ0n) is 25.8. The fourth-order valence-electron chi connectivity index (χ4n) is 5.90. The highest BCUT2D eigenvalue weighted by atomic mass is 19.1. The van der Waals surface area contributed by atoms with E-state index in [9.17, 15) is 14.3 Å². The number of piperidine rings is 1. The van der Waals surface area contributed by atoms with Crippen LogP contribution in [0, 0.1) is 24.0 Å². The zero-order valence-corrected chi connectivity index (χ0v) is 25.8. The van der Waals surface area contributed by atoms with Gasteiger partial charge in [-0.15, -0.1) is 0 Å². The first-order valence-corrected chi connectivity index (χ1v) is 15.0. The van der Waals surface area contributed by atoms with Crippen molar-refractivity contribution in [2.75, 3.05) is 18.0 Å². The third kappa shape index (κ3) is 6.82. The third-order valence-corrected chi connectivity index (χ3v) is 8.57. The van der Waals surface area contributed by atoms with Crippen LogP contribution in [0.1, 0.15) is 89.1 Å². The Hall–Kier alpha value is -3.59. The average molecular weight is 594 g/mol. The van der Waals surface area contributed by atoms with Crippen molar-refractivity contribution in [1.82, 2.24) is 9.97 Å². The highest BCUT2D eigenvalue weighted by Gasteiger charge is 2.37. The van der Waals surface area contributed by atoms with E-state index in [0.717, 1.165) is 31.2 Å². The minimum Gasteiger partial charge on any atom is -0.479 e. The lowest BCUT2D eigenvalue weighted by atomic mass is 9.77. The van der Waals surface area contributed by atoms with Gasteiger partial charge in [0.2, 0.25) is 0 Å². The van der Waals surface area contributed by atoms with Gasteiger partial charge in [-0.05, 0) is 82.6 Å². The van der Waals surface area contributed by atoms with E-state index >= 15 is 4.39 Å². The summed E-state index contributed by atoms with van der Waals surface area (Å²) in [6, 6.07) is 7.69. The molecular weight excluding hydrogens is 552 g/mol. The van der Waals surface area contributed by atoms with Crippen molar-refractivity contribution in [1.29, 1.82) is 0 Å². The molecule has 3 heterocycles. The summed E-state index contributed by atoms with van der Waals surface area (Å²) < 4.78 is 41.1. The molecule has 2 unspecified atom stereocenters. The number of carboxylic acids is 1. The number of anilines is 1. The maximum atomic E-state index is 15.6. The number of aryl methyl sites for hydroxylation is 1. The van der Waals surface area contributed by atoms with Crippen LogP contribution >= 0.6 is 0 Å². The third-order valence-electron chi connectivity index (χ3n) is 8.57. The molecule has 0 spiro atoms. The minimum atomic E-state index is -1.26. The van der Waals surface area contributed by atoms with Crippen LogP contribution in [-0.2, 0) is 9.53 Å². The monoisotopic (exact) mass is 593 g/mol. The molecule has 2 fully saturated rings. The average Bonchev–Trinajstić information content (AvgIpc) is 2.91. The van der Waals surface area contributed by atoms with Crippen LogP contribution < -0.4 is 9.64 Å². The standard InChI is InChI=1S/C34H41F2N3O4/c1-20-28(30(32(40)41)43-33(2,3)4)29(39-15-13-34(5,6)14-16-39)25(19-37-20)22-17-26(36)31(38-18-22)42-27-12-11-24(27)21-7-9-23(35)10-8-21/h7-10,17-19,24,27,30H,11-16H2,1-6H3,(H,40,41)/t24?,27?,30-/m0/s1. The van der Waals surface area contributed by atoms with Gasteiger partial charge in [0.15, 0.2) is 11.9 Å². The SMILES string of the molecule is Cc1ncc(-c2cnc(OC3CCC3c3ccc(F)cc3)c(F)c2)c(N2CCC(C)(C)CC2)c1[C@H](OC(C)(C)C)C(=O)O. The Morgan fingerprint density at radius 1 is 1.07 bits per heavy atom. The molecule has 3 aromatic rings. The summed E-state index contributed by atoms with van der Waals surface area (Å²) in [5.74, 6) is -2.09. The van der Waals surface area contributed by atoms with E-state index in [1.165, 1.54) is 18.2 Å². The first-order valence-electron chi connectivity index (χ1n) is 15.0. The number of aromatic nitrogens is 2. The van der Waals surface area contributed by atoms with E-state index < -0.39 is 23.5 Å². The number of rotatable bonds is 8. The van der Waals surface area contributed by atoms with E-state index in [1.54, 1.807) is 31.5 Å². The molecule has 230 valence electrons.